The molecule has 2 N–H and O–H groups in total. The summed E-state index contributed by atoms with van der Waals surface area (Å²) < 4.78 is 0. The van der Waals surface area contributed by atoms with Gasteiger partial charge < -0.3 is 5.73 Å². The summed E-state index contributed by atoms with van der Waals surface area (Å²) in [7, 11) is 1.75. The number of nitrogen functional groups attached to an aromatic ring is 1. The van der Waals surface area contributed by atoms with Gasteiger partial charge in [-0.2, -0.15) is 0 Å². The molecule has 2 heteroatoms. The van der Waals surface area contributed by atoms with Crippen LogP contribution >= 0.6 is 0 Å². The highest BCUT2D eigenvalue weighted by molar-refractivity contribution is 5.83. The number of nitrogens with two attached hydrogens (primary N) is 1. The molecule has 0 saturated carbocycles. The molecule has 1 aromatic rings. The van der Waals surface area contributed by atoms with E-state index in [1.807, 2.05) is 31.3 Å². The van der Waals surface area contributed by atoms with Crippen molar-refractivity contribution in [1.29, 1.82) is 0 Å². The molecule has 0 fully saturated rings. The van der Waals surface area contributed by atoms with Crippen molar-refractivity contribution >= 4 is 11.9 Å². The first-order valence-electron chi connectivity index (χ1n) is 3.52. The smallest absolute Gasteiger partial charge is 0.0320 e. The van der Waals surface area contributed by atoms with Gasteiger partial charge in [0.05, 0.1) is 0 Å². The van der Waals surface area contributed by atoms with Gasteiger partial charge in [0.1, 0.15) is 0 Å². The van der Waals surface area contributed by atoms with Crippen LogP contribution in [0, 0.1) is 6.92 Å². The van der Waals surface area contributed by atoms with Crippen molar-refractivity contribution < 1.29 is 0 Å². The van der Waals surface area contributed by atoms with E-state index >= 15 is 0 Å². The van der Waals surface area contributed by atoms with E-state index in [1.54, 1.807) is 7.05 Å². The Morgan fingerprint density at radius 1 is 1.45 bits per heavy atom. The molecule has 0 amide bonds. The second-order valence-corrected chi connectivity index (χ2v) is 2.50. The number of nitrogens with zero attached hydrogens (tertiary/aromatic N) is 1. The van der Waals surface area contributed by atoms with Crippen LogP contribution in [0.25, 0.3) is 0 Å². The molecule has 58 valence electrons. The molecule has 2 nitrogen and oxygen atoms in total. The fourth-order valence-electron chi connectivity index (χ4n) is 0.937. The maximum absolute atomic E-state index is 5.60. The first-order valence-corrected chi connectivity index (χ1v) is 3.52. The number of anilines is 1. The van der Waals surface area contributed by atoms with Gasteiger partial charge in [-0.25, -0.2) is 0 Å². The van der Waals surface area contributed by atoms with Gasteiger partial charge in [-0.1, -0.05) is 6.07 Å². The third kappa shape index (κ3) is 1.80. The van der Waals surface area contributed by atoms with Crippen molar-refractivity contribution in [2.75, 3.05) is 12.8 Å². The quantitative estimate of drug-likeness (QED) is 0.477. The van der Waals surface area contributed by atoms with Crippen LogP contribution in [-0.4, -0.2) is 13.3 Å². The summed E-state index contributed by atoms with van der Waals surface area (Å²) in [6, 6.07) is 5.80. The van der Waals surface area contributed by atoms with Crippen LogP contribution in [0.1, 0.15) is 11.1 Å². The lowest BCUT2D eigenvalue weighted by molar-refractivity contribution is 1.41. The highest BCUT2D eigenvalue weighted by Gasteiger charge is 1.93. The number of aryl methyl sites for hydroxylation is 1. The predicted octanol–water partition coefficient (Wildman–Crippen LogP) is 1.63. The molecular weight excluding hydrogens is 136 g/mol. The lowest BCUT2D eigenvalue weighted by atomic mass is 10.1. The van der Waals surface area contributed by atoms with Crippen LogP contribution in [0.4, 0.5) is 5.69 Å². The highest BCUT2D eigenvalue weighted by atomic mass is 14.6. The Morgan fingerprint density at radius 3 is 2.82 bits per heavy atom. The third-order valence-electron chi connectivity index (χ3n) is 1.57. The van der Waals surface area contributed by atoms with Crippen LogP contribution < -0.4 is 5.73 Å². The van der Waals surface area contributed by atoms with E-state index in [9.17, 15) is 0 Å². The van der Waals surface area contributed by atoms with Crippen molar-refractivity contribution in [2.45, 2.75) is 6.92 Å². The van der Waals surface area contributed by atoms with Gasteiger partial charge in [-0.05, 0) is 30.2 Å². The SMILES string of the molecule is CN=Cc1cc(N)ccc1C. The van der Waals surface area contributed by atoms with Crippen molar-refractivity contribution in [2.24, 2.45) is 4.99 Å². The summed E-state index contributed by atoms with van der Waals surface area (Å²) in [6.45, 7) is 2.04. The number of hydrogen-bond donors (Lipinski definition) is 1. The van der Waals surface area contributed by atoms with Crippen LogP contribution in [0.15, 0.2) is 23.2 Å². The number of aliphatic imine (C=N–C) groups is 1. The summed E-state index contributed by atoms with van der Waals surface area (Å²) in [4.78, 5) is 3.93. The monoisotopic (exact) mass is 148 g/mol. The first-order chi connectivity index (χ1) is 5.24. The molecule has 0 heterocycles. The van der Waals surface area contributed by atoms with E-state index in [2.05, 4.69) is 4.99 Å². The van der Waals surface area contributed by atoms with E-state index in [0.29, 0.717) is 0 Å². The molecule has 0 aliphatic rings. The van der Waals surface area contributed by atoms with Gasteiger partial charge >= 0.3 is 0 Å². The second kappa shape index (κ2) is 3.19. The van der Waals surface area contributed by atoms with Gasteiger partial charge in [-0.15, -0.1) is 0 Å². The Balaban J connectivity index is 3.12. The van der Waals surface area contributed by atoms with Crippen molar-refractivity contribution in [3.63, 3.8) is 0 Å². The molecule has 0 radical (unpaired) electrons. The second-order valence-electron chi connectivity index (χ2n) is 2.50. The van der Waals surface area contributed by atoms with Gasteiger partial charge in [0.25, 0.3) is 0 Å². The average Bonchev–Trinajstić information content (AvgIpc) is 1.98. The largest absolute Gasteiger partial charge is 0.399 e. The molecule has 0 aliphatic carbocycles. The molecule has 0 saturated heterocycles. The topological polar surface area (TPSA) is 38.4 Å². The zero-order valence-corrected chi connectivity index (χ0v) is 6.83. The molecule has 0 spiro atoms. The molecule has 0 bridgehead atoms. The number of rotatable bonds is 1. The minimum Gasteiger partial charge on any atom is -0.399 e. The average molecular weight is 148 g/mol. The van der Waals surface area contributed by atoms with Crippen molar-refractivity contribution in [3.8, 4) is 0 Å². The van der Waals surface area contributed by atoms with Crippen LogP contribution in [-0.2, 0) is 0 Å². The van der Waals surface area contributed by atoms with Crippen molar-refractivity contribution in [3.05, 3.63) is 29.3 Å². The Hall–Kier alpha value is -1.31. The van der Waals surface area contributed by atoms with Gasteiger partial charge in [0.2, 0.25) is 0 Å². The Bertz CT molecular complexity index is 277. The fourth-order valence-corrected chi connectivity index (χ4v) is 0.937. The van der Waals surface area contributed by atoms with Crippen LogP contribution in [0.3, 0.4) is 0 Å². The zero-order chi connectivity index (χ0) is 8.27. The zero-order valence-electron chi connectivity index (χ0n) is 6.83. The minimum atomic E-state index is 0.783. The van der Waals surface area contributed by atoms with E-state index in [1.165, 1.54) is 5.56 Å². The molecule has 0 aliphatic heterocycles. The molecule has 0 atom stereocenters. The van der Waals surface area contributed by atoms with Crippen LogP contribution in [0.2, 0.25) is 0 Å². The Kier molecular flexibility index (Phi) is 2.26. The van der Waals surface area contributed by atoms with Gasteiger partial charge in [0, 0.05) is 18.9 Å². The van der Waals surface area contributed by atoms with Crippen molar-refractivity contribution in [1.82, 2.24) is 0 Å². The first kappa shape index (κ1) is 7.79. The lowest BCUT2D eigenvalue weighted by Crippen LogP contribution is -1.90. The molecule has 0 unspecified atom stereocenters. The summed E-state index contributed by atoms with van der Waals surface area (Å²) in [5.41, 5.74) is 8.67. The maximum atomic E-state index is 5.60. The summed E-state index contributed by atoms with van der Waals surface area (Å²) in [5, 5.41) is 0. The molecule has 11 heavy (non-hydrogen) atoms. The van der Waals surface area contributed by atoms with E-state index in [0.717, 1.165) is 11.3 Å². The minimum absolute atomic E-state index is 0.783. The Labute approximate surface area is 66.8 Å². The van der Waals surface area contributed by atoms with E-state index in [4.69, 9.17) is 5.73 Å². The Morgan fingerprint density at radius 2 is 2.18 bits per heavy atom. The van der Waals surface area contributed by atoms with Gasteiger partial charge in [0.15, 0.2) is 0 Å². The van der Waals surface area contributed by atoms with E-state index < -0.39 is 0 Å². The fraction of sp³-hybridized carbons (Fsp3) is 0.222. The standard InChI is InChI=1S/C9H12N2/c1-7-3-4-9(10)5-8(7)6-11-2/h3-6H,10H2,1-2H3. The summed E-state index contributed by atoms with van der Waals surface area (Å²) >= 11 is 0. The molecule has 0 aromatic heterocycles. The highest BCUT2D eigenvalue weighted by Crippen LogP contribution is 2.09. The van der Waals surface area contributed by atoms with Gasteiger partial charge in [-0.3, -0.25) is 4.99 Å². The number of hydrogen-bond acceptors (Lipinski definition) is 2. The molecule has 1 aromatic carbocycles. The van der Waals surface area contributed by atoms with Crippen LogP contribution in [0.5, 0.6) is 0 Å². The predicted molar refractivity (Wildman–Crippen MR) is 49.1 cm³/mol. The molecule has 1 rings (SSSR count). The van der Waals surface area contributed by atoms with E-state index in [-0.39, 0.29) is 0 Å². The third-order valence-corrected chi connectivity index (χ3v) is 1.57. The number of benzene rings is 1. The summed E-state index contributed by atoms with van der Waals surface area (Å²) in [5.74, 6) is 0. The normalized spacial score (nSPS) is 10.7. The lowest BCUT2D eigenvalue weighted by Gasteiger charge is -1.99. The summed E-state index contributed by atoms with van der Waals surface area (Å²) in [6.07, 6.45) is 1.81. The molecular formula is C9H12N2. The maximum Gasteiger partial charge on any atom is 0.0320 e.